The van der Waals surface area contributed by atoms with E-state index in [1.54, 1.807) is 6.92 Å². The number of carbonyl (C=O) groups excluding carboxylic acids is 1. The van der Waals surface area contributed by atoms with Gasteiger partial charge in [-0.05, 0) is 6.92 Å². The number of hydrogen-bond acceptors (Lipinski definition) is 2. The maximum absolute atomic E-state index is 10.8. The lowest BCUT2D eigenvalue weighted by Gasteiger charge is -2.10. The third-order valence-corrected chi connectivity index (χ3v) is 1.20. The highest BCUT2D eigenvalue weighted by atomic mass is 16.5. The molecule has 48 valence electrons. The van der Waals surface area contributed by atoms with E-state index in [0.717, 1.165) is 0 Å². The number of allylic oxidation sites excluding steroid dienone is 2. The second-order valence-electron chi connectivity index (χ2n) is 2.06. The summed E-state index contributed by atoms with van der Waals surface area (Å²) in [6, 6.07) is 0. The minimum atomic E-state index is 0.103. The number of rotatable bonds is 0. The fourth-order valence-corrected chi connectivity index (χ4v) is 0.598. The molecule has 0 aliphatic carbocycles. The van der Waals surface area contributed by atoms with Crippen molar-refractivity contribution in [3.05, 3.63) is 24.2 Å². The lowest BCUT2D eigenvalue weighted by atomic mass is 10.1. The molecule has 1 aliphatic heterocycles. The van der Waals surface area contributed by atoms with Crippen LogP contribution in [0, 0.1) is 0 Å². The lowest BCUT2D eigenvalue weighted by molar-refractivity contribution is -0.116. The van der Waals surface area contributed by atoms with Gasteiger partial charge in [0.1, 0.15) is 5.76 Å². The molecule has 1 aliphatic rings. The van der Waals surface area contributed by atoms with E-state index in [0.29, 0.717) is 17.8 Å². The molecule has 0 saturated heterocycles. The Bertz CT molecular complexity index is 189. The molecule has 0 atom stereocenters. The summed E-state index contributed by atoms with van der Waals surface area (Å²) in [6.07, 6.45) is 1.77. The molecular weight excluding hydrogens is 116 g/mol. The predicted molar refractivity (Wildman–Crippen MR) is 33.6 cm³/mol. The fraction of sp³-hybridized carbons (Fsp3) is 0.286. The van der Waals surface area contributed by atoms with E-state index in [1.165, 1.54) is 6.26 Å². The topological polar surface area (TPSA) is 26.3 Å². The minimum absolute atomic E-state index is 0.103. The first-order chi connectivity index (χ1) is 4.20. The molecule has 9 heavy (non-hydrogen) atoms. The maximum atomic E-state index is 10.8. The van der Waals surface area contributed by atoms with Crippen molar-refractivity contribution in [2.75, 3.05) is 0 Å². The zero-order chi connectivity index (χ0) is 6.85. The van der Waals surface area contributed by atoms with Crippen LogP contribution in [0.1, 0.15) is 13.3 Å². The van der Waals surface area contributed by atoms with Gasteiger partial charge in [-0.25, -0.2) is 0 Å². The van der Waals surface area contributed by atoms with Crippen LogP contribution in [0.4, 0.5) is 0 Å². The zero-order valence-corrected chi connectivity index (χ0v) is 5.31. The Morgan fingerprint density at radius 3 is 2.89 bits per heavy atom. The summed E-state index contributed by atoms with van der Waals surface area (Å²) in [5.41, 5.74) is 0.669. The SMILES string of the molecule is C=C1CC(=O)C(C)=CO1. The number of ether oxygens (including phenoxy) is 1. The summed E-state index contributed by atoms with van der Waals surface area (Å²) in [7, 11) is 0. The fourth-order valence-electron chi connectivity index (χ4n) is 0.598. The van der Waals surface area contributed by atoms with Crippen LogP contribution in [0.25, 0.3) is 0 Å². The van der Waals surface area contributed by atoms with Gasteiger partial charge < -0.3 is 4.74 Å². The summed E-state index contributed by atoms with van der Waals surface area (Å²) in [6.45, 7) is 5.24. The number of ketones is 1. The van der Waals surface area contributed by atoms with Gasteiger partial charge in [-0.3, -0.25) is 4.79 Å². The van der Waals surface area contributed by atoms with E-state index in [1.807, 2.05) is 0 Å². The van der Waals surface area contributed by atoms with E-state index >= 15 is 0 Å². The molecule has 0 fully saturated rings. The van der Waals surface area contributed by atoms with Crippen LogP contribution < -0.4 is 0 Å². The largest absolute Gasteiger partial charge is 0.469 e. The first kappa shape index (κ1) is 6.08. The van der Waals surface area contributed by atoms with Gasteiger partial charge in [0.25, 0.3) is 0 Å². The summed E-state index contributed by atoms with van der Waals surface area (Å²) < 4.78 is 4.88. The third-order valence-electron chi connectivity index (χ3n) is 1.20. The Morgan fingerprint density at radius 2 is 2.44 bits per heavy atom. The summed E-state index contributed by atoms with van der Waals surface area (Å²) in [5.74, 6) is 0.636. The van der Waals surface area contributed by atoms with Crippen molar-refractivity contribution in [1.29, 1.82) is 0 Å². The molecule has 0 aromatic heterocycles. The van der Waals surface area contributed by atoms with Gasteiger partial charge in [0.2, 0.25) is 0 Å². The van der Waals surface area contributed by atoms with Crippen LogP contribution in [0.15, 0.2) is 24.2 Å². The molecule has 1 heterocycles. The molecule has 2 heteroatoms. The van der Waals surface area contributed by atoms with E-state index in [4.69, 9.17) is 4.74 Å². The van der Waals surface area contributed by atoms with Crippen LogP contribution in [0.3, 0.4) is 0 Å². The zero-order valence-electron chi connectivity index (χ0n) is 5.31. The molecule has 0 spiro atoms. The van der Waals surface area contributed by atoms with E-state index in [2.05, 4.69) is 6.58 Å². The van der Waals surface area contributed by atoms with Gasteiger partial charge in [0.05, 0.1) is 12.7 Å². The molecule has 0 bridgehead atoms. The first-order valence-electron chi connectivity index (χ1n) is 2.74. The number of Topliss-reactive ketones (excluding diaryl/α,β-unsaturated/α-hetero) is 1. The summed E-state index contributed by atoms with van der Waals surface area (Å²) in [5, 5.41) is 0. The van der Waals surface area contributed by atoms with Crippen LogP contribution in [0.2, 0.25) is 0 Å². The Kier molecular flexibility index (Phi) is 1.39. The van der Waals surface area contributed by atoms with Crippen molar-refractivity contribution in [2.24, 2.45) is 0 Å². The number of carbonyl (C=O) groups is 1. The van der Waals surface area contributed by atoms with Gasteiger partial charge in [0.15, 0.2) is 5.78 Å². The average Bonchev–Trinajstić information content (AvgIpc) is 1.80. The molecule has 0 N–H and O–H groups in total. The van der Waals surface area contributed by atoms with Gasteiger partial charge in [-0.1, -0.05) is 6.58 Å². The Morgan fingerprint density at radius 1 is 1.78 bits per heavy atom. The maximum Gasteiger partial charge on any atom is 0.169 e. The van der Waals surface area contributed by atoms with Crippen molar-refractivity contribution >= 4 is 5.78 Å². The van der Waals surface area contributed by atoms with Crippen molar-refractivity contribution in [1.82, 2.24) is 0 Å². The van der Waals surface area contributed by atoms with Crippen molar-refractivity contribution in [3.63, 3.8) is 0 Å². The molecule has 2 nitrogen and oxygen atoms in total. The van der Waals surface area contributed by atoms with Crippen LogP contribution in [-0.2, 0) is 9.53 Å². The highest BCUT2D eigenvalue weighted by Crippen LogP contribution is 2.13. The van der Waals surface area contributed by atoms with Gasteiger partial charge in [0, 0.05) is 5.57 Å². The lowest BCUT2D eigenvalue weighted by Crippen LogP contribution is -2.07. The van der Waals surface area contributed by atoms with E-state index < -0.39 is 0 Å². The van der Waals surface area contributed by atoms with Crippen LogP contribution in [-0.4, -0.2) is 5.78 Å². The Balaban J connectivity index is 2.79. The Hall–Kier alpha value is -1.05. The second kappa shape index (κ2) is 2.05. The predicted octanol–water partition coefficient (Wildman–Crippen LogP) is 1.39. The number of hydrogen-bond donors (Lipinski definition) is 0. The quantitative estimate of drug-likeness (QED) is 0.487. The molecule has 0 aromatic rings. The summed E-state index contributed by atoms with van der Waals surface area (Å²) >= 11 is 0. The van der Waals surface area contributed by atoms with E-state index in [-0.39, 0.29) is 5.78 Å². The van der Waals surface area contributed by atoms with E-state index in [9.17, 15) is 4.79 Å². The standard InChI is InChI=1S/C7H8O2/c1-5-4-9-6(2)3-7(5)8/h4H,2-3H2,1H3. The highest BCUT2D eigenvalue weighted by molar-refractivity contribution is 5.96. The average molecular weight is 124 g/mol. The van der Waals surface area contributed by atoms with Crippen molar-refractivity contribution in [3.8, 4) is 0 Å². The van der Waals surface area contributed by atoms with Crippen LogP contribution >= 0.6 is 0 Å². The molecule has 0 saturated carbocycles. The van der Waals surface area contributed by atoms with Gasteiger partial charge >= 0.3 is 0 Å². The summed E-state index contributed by atoms with van der Waals surface area (Å²) in [4.78, 5) is 10.8. The molecule has 0 unspecified atom stereocenters. The first-order valence-corrected chi connectivity index (χ1v) is 2.74. The molecule has 0 radical (unpaired) electrons. The molecule has 1 rings (SSSR count). The van der Waals surface area contributed by atoms with Crippen LogP contribution in [0.5, 0.6) is 0 Å². The molecule has 0 aromatic carbocycles. The third kappa shape index (κ3) is 1.19. The van der Waals surface area contributed by atoms with Crippen molar-refractivity contribution in [2.45, 2.75) is 13.3 Å². The molecule has 0 amide bonds. The molecular formula is C7H8O2. The normalized spacial score (nSPS) is 19.0. The monoisotopic (exact) mass is 124 g/mol. The minimum Gasteiger partial charge on any atom is -0.469 e. The van der Waals surface area contributed by atoms with Gasteiger partial charge in [-0.2, -0.15) is 0 Å². The van der Waals surface area contributed by atoms with Crippen molar-refractivity contribution < 1.29 is 9.53 Å². The highest BCUT2D eigenvalue weighted by Gasteiger charge is 2.12. The Labute approximate surface area is 53.8 Å². The van der Waals surface area contributed by atoms with Gasteiger partial charge in [-0.15, -0.1) is 0 Å². The second-order valence-corrected chi connectivity index (χ2v) is 2.06. The smallest absolute Gasteiger partial charge is 0.169 e.